The van der Waals surface area contributed by atoms with E-state index in [0.29, 0.717) is 32.5 Å². The molecule has 152 valence electrons. The maximum absolute atomic E-state index is 12.5. The lowest BCUT2D eigenvalue weighted by atomic mass is 9.91. The van der Waals surface area contributed by atoms with E-state index in [1.54, 1.807) is 15.9 Å². The molecule has 0 N–H and O–H groups in total. The second-order valence-corrected chi connectivity index (χ2v) is 9.97. The van der Waals surface area contributed by atoms with E-state index in [9.17, 15) is 18.0 Å². The maximum atomic E-state index is 12.5. The number of hydrogen-bond acceptors (Lipinski definition) is 5. The number of ether oxygens (including phenoxy) is 1. The highest BCUT2D eigenvalue weighted by Crippen LogP contribution is 2.34. The van der Waals surface area contributed by atoms with Crippen LogP contribution in [-0.4, -0.2) is 67.8 Å². The van der Waals surface area contributed by atoms with Gasteiger partial charge >= 0.3 is 6.09 Å². The molecule has 0 radical (unpaired) electrons. The first-order valence-corrected chi connectivity index (χ1v) is 11.7. The van der Waals surface area contributed by atoms with Crippen molar-refractivity contribution in [2.75, 3.05) is 31.9 Å². The van der Waals surface area contributed by atoms with Crippen LogP contribution in [0.15, 0.2) is 11.5 Å². The fourth-order valence-electron chi connectivity index (χ4n) is 4.14. The molecule has 0 saturated carbocycles. The van der Waals surface area contributed by atoms with Crippen LogP contribution in [-0.2, 0) is 19.4 Å². The van der Waals surface area contributed by atoms with Gasteiger partial charge in [-0.05, 0) is 6.42 Å². The average molecular weight is 399 g/mol. The summed E-state index contributed by atoms with van der Waals surface area (Å²) < 4.78 is 28.7. The summed E-state index contributed by atoms with van der Waals surface area (Å²) in [5.41, 5.74) is -0.463. The third-order valence-electron chi connectivity index (χ3n) is 5.79. The van der Waals surface area contributed by atoms with Crippen LogP contribution in [0.25, 0.3) is 0 Å². The predicted molar refractivity (Wildman–Crippen MR) is 102 cm³/mol. The van der Waals surface area contributed by atoms with Gasteiger partial charge in [-0.25, -0.2) is 13.2 Å². The summed E-state index contributed by atoms with van der Waals surface area (Å²) in [6.07, 6.45) is 7.39. The fraction of sp³-hybridized carbons (Fsp3) is 0.789. The monoisotopic (exact) mass is 398 g/mol. The molecule has 3 aliphatic rings. The lowest BCUT2D eigenvalue weighted by molar-refractivity contribution is -0.135. The van der Waals surface area contributed by atoms with E-state index in [2.05, 4.69) is 6.92 Å². The fourth-order valence-corrected chi connectivity index (χ4v) is 5.54. The van der Waals surface area contributed by atoms with Crippen molar-refractivity contribution in [1.82, 2.24) is 9.80 Å². The Morgan fingerprint density at radius 2 is 2.00 bits per heavy atom. The molecule has 8 heteroatoms. The molecule has 1 spiro atoms. The van der Waals surface area contributed by atoms with E-state index in [1.165, 1.54) is 18.2 Å². The van der Waals surface area contributed by atoms with E-state index < -0.39 is 15.4 Å². The highest BCUT2D eigenvalue weighted by atomic mass is 32.2. The number of piperidine rings is 1. The molecule has 0 aromatic heterocycles. The Hall–Kier alpha value is -1.57. The number of unbranched alkanes of at least 4 members (excludes halogenated alkanes) is 3. The number of hydrogen-bond donors (Lipinski definition) is 0. The van der Waals surface area contributed by atoms with Crippen molar-refractivity contribution in [3.05, 3.63) is 11.5 Å². The van der Waals surface area contributed by atoms with Gasteiger partial charge in [0.25, 0.3) is 0 Å². The molecule has 27 heavy (non-hydrogen) atoms. The second kappa shape index (κ2) is 8.20. The Bertz CT molecular complexity index is 695. The number of nitrogens with zero attached hydrogens (tertiary/aromatic N) is 2. The summed E-state index contributed by atoms with van der Waals surface area (Å²) >= 11 is 0. The zero-order valence-electron chi connectivity index (χ0n) is 16.1. The van der Waals surface area contributed by atoms with Crippen molar-refractivity contribution in [2.24, 2.45) is 5.92 Å². The lowest BCUT2D eigenvalue weighted by Gasteiger charge is -2.37. The summed E-state index contributed by atoms with van der Waals surface area (Å²) in [7, 11) is -3.13. The Balaban J connectivity index is 1.45. The molecular weight excluding hydrogens is 368 g/mol. The van der Waals surface area contributed by atoms with Crippen molar-refractivity contribution < 1.29 is 22.7 Å². The molecule has 3 heterocycles. The van der Waals surface area contributed by atoms with Crippen LogP contribution in [0.3, 0.4) is 0 Å². The van der Waals surface area contributed by atoms with Crippen molar-refractivity contribution in [1.29, 1.82) is 0 Å². The first kappa shape index (κ1) is 20.2. The minimum absolute atomic E-state index is 0.0163. The predicted octanol–water partition coefficient (Wildman–Crippen LogP) is 2.33. The maximum Gasteiger partial charge on any atom is 0.410 e. The second-order valence-electron chi connectivity index (χ2n) is 8.04. The first-order valence-electron chi connectivity index (χ1n) is 9.99. The van der Waals surface area contributed by atoms with Crippen LogP contribution in [0, 0.1) is 5.92 Å². The normalized spacial score (nSPS) is 26.0. The minimum atomic E-state index is -3.13. The molecule has 1 atom stereocenters. The Morgan fingerprint density at radius 1 is 1.26 bits per heavy atom. The molecule has 7 nitrogen and oxygen atoms in total. The van der Waals surface area contributed by atoms with Gasteiger partial charge in [-0.15, -0.1) is 0 Å². The number of rotatable bonds is 7. The topological polar surface area (TPSA) is 84.0 Å². The molecule has 0 unspecified atom stereocenters. The van der Waals surface area contributed by atoms with Gasteiger partial charge in [0.05, 0.1) is 12.3 Å². The van der Waals surface area contributed by atoms with Gasteiger partial charge < -0.3 is 14.5 Å². The molecule has 3 aliphatic heterocycles. The summed E-state index contributed by atoms with van der Waals surface area (Å²) in [5, 5.41) is 1.21. The van der Waals surface area contributed by atoms with E-state index in [1.807, 2.05) is 0 Å². The van der Waals surface area contributed by atoms with Gasteiger partial charge in [0.2, 0.25) is 5.91 Å². The minimum Gasteiger partial charge on any atom is -0.441 e. The van der Waals surface area contributed by atoms with Gasteiger partial charge in [0.1, 0.15) is 5.60 Å². The smallest absolute Gasteiger partial charge is 0.410 e. The molecule has 3 rings (SSSR count). The number of likely N-dealkylation sites (tertiary alicyclic amines) is 1. The van der Waals surface area contributed by atoms with E-state index in [-0.39, 0.29) is 30.1 Å². The molecular formula is C19H30N2O5S. The number of sulfone groups is 1. The van der Waals surface area contributed by atoms with Crippen LogP contribution >= 0.6 is 0 Å². The van der Waals surface area contributed by atoms with Crippen LogP contribution in [0.5, 0.6) is 0 Å². The first-order chi connectivity index (χ1) is 12.8. The Kier molecular flexibility index (Phi) is 6.13. The number of carbonyl (C=O) groups excluding carboxylic acids is 2. The molecule has 0 aromatic carbocycles. The van der Waals surface area contributed by atoms with E-state index in [0.717, 1.165) is 19.4 Å². The van der Waals surface area contributed by atoms with Crippen LogP contribution in [0.4, 0.5) is 4.79 Å². The molecule has 2 amide bonds. The third-order valence-corrected chi connectivity index (χ3v) is 7.26. The zero-order valence-corrected chi connectivity index (χ0v) is 16.9. The number of amides is 2. The largest absolute Gasteiger partial charge is 0.441 e. The van der Waals surface area contributed by atoms with Crippen molar-refractivity contribution in [3.8, 4) is 0 Å². The quantitative estimate of drug-likeness (QED) is 0.615. The standard InChI is InChI=1S/C19H30N2O5S/c1-2-3-4-5-9-21-15-19(26-18(21)23)7-10-20(11-8-19)17(22)13-16-6-12-27(24,25)14-16/h6,12,16H,2-5,7-11,13-15H2,1H3/t16-/m0/s1. The van der Waals surface area contributed by atoms with Crippen LogP contribution < -0.4 is 0 Å². The Labute approximate surface area is 161 Å². The summed E-state index contributed by atoms with van der Waals surface area (Å²) in [4.78, 5) is 28.2. The molecule has 0 bridgehead atoms. The van der Waals surface area contributed by atoms with E-state index in [4.69, 9.17) is 4.74 Å². The van der Waals surface area contributed by atoms with Gasteiger partial charge in [0, 0.05) is 50.2 Å². The highest BCUT2D eigenvalue weighted by molar-refractivity contribution is 7.94. The van der Waals surface area contributed by atoms with Crippen molar-refractivity contribution >= 4 is 21.8 Å². The molecule has 2 fully saturated rings. The SMILES string of the molecule is CCCCCCN1CC2(CCN(C(=O)C[C@@H]3C=CS(=O)(=O)C3)CC2)OC1=O. The number of allylic oxidation sites excluding steroid dienone is 1. The zero-order chi connectivity index (χ0) is 19.5. The molecule has 0 aromatic rings. The highest BCUT2D eigenvalue weighted by Gasteiger charge is 2.47. The van der Waals surface area contributed by atoms with Crippen LogP contribution in [0.2, 0.25) is 0 Å². The van der Waals surface area contributed by atoms with Gasteiger partial charge in [-0.2, -0.15) is 0 Å². The lowest BCUT2D eigenvalue weighted by Crippen LogP contribution is -2.49. The van der Waals surface area contributed by atoms with Gasteiger partial charge in [-0.1, -0.05) is 32.3 Å². The van der Waals surface area contributed by atoms with Crippen molar-refractivity contribution in [2.45, 2.75) is 57.5 Å². The van der Waals surface area contributed by atoms with Gasteiger partial charge in [-0.3, -0.25) is 4.79 Å². The molecule has 2 saturated heterocycles. The summed E-state index contributed by atoms with van der Waals surface area (Å²) in [6.45, 7) is 4.63. The summed E-state index contributed by atoms with van der Waals surface area (Å²) in [5.74, 6) is -0.208. The third kappa shape index (κ3) is 5.03. The van der Waals surface area contributed by atoms with Crippen LogP contribution in [0.1, 0.15) is 51.9 Å². The summed E-state index contributed by atoms with van der Waals surface area (Å²) in [6, 6.07) is 0. The van der Waals surface area contributed by atoms with Gasteiger partial charge in [0.15, 0.2) is 9.84 Å². The van der Waals surface area contributed by atoms with Crippen molar-refractivity contribution in [3.63, 3.8) is 0 Å². The van der Waals surface area contributed by atoms with E-state index >= 15 is 0 Å². The molecule has 0 aliphatic carbocycles. The number of carbonyl (C=O) groups is 2. The Morgan fingerprint density at radius 3 is 2.63 bits per heavy atom. The average Bonchev–Trinajstić information content (AvgIpc) is 3.11.